The number of rotatable bonds is 5. The summed E-state index contributed by atoms with van der Waals surface area (Å²) in [6, 6.07) is 16.7. The number of hydrogen-bond donors (Lipinski definition) is 0. The van der Waals surface area contributed by atoms with Crippen LogP contribution in [-0.4, -0.2) is 41.0 Å². The highest BCUT2D eigenvalue weighted by atomic mass is 16.5. The van der Waals surface area contributed by atoms with Gasteiger partial charge in [-0.25, -0.2) is 4.79 Å². The van der Waals surface area contributed by atoms with Crippen LogP contribution in [0.1, 0.15) is 41.6 Å². The number of nitrogens with zero attached hydrogens (tertiary/aromatic N) is 2. The van der Waals surface area contributed by atoms with Gasteiger partial charge in [0.05, 0.1) is 11.3 Å². The van der Waals surface area contributed by atoms with Crippen molar-refractivity contribution in [2.75, 3.05) is 11.5 Å². The summed E-state index contributed by atoms with van der Waals surface area (Å²) in [7, 11) is 0. The van der Waals surface area contributed by atoms with E-state index in [9.17, 15) is 14.4 Å². The van der Waals surface area contributed by atoms with Crippen LogP contribution >= 0.6 is 0 Å². The van der Waals surface area contributed by atoms with Gasteiger partial charge in [0.2, 0.25) is 11.6 Å². The van der Waals surface area contributed by atoms with Gasteiger partial charge in [0.25, 0.3) is 5.91 Å². The fourth-order valence-corrected chi connectivity index (χ4v) is 4.50. The standard InChI is InChI=1S/C24H22N2O4/c27-21-14-15-24(23(29)30-16-6-9-17-7-2-1-3-8-17)25(18-12-13-18)22(28)19-10-4-5-11-20(19)26(21)24/h1-11,18H,12-16H2/b9-6+/t24-/m1/s1. The van der Waals surface area contributed by atoms with Crippen LogP contribution in [0.25, 0.3) is 6.08 Å². The van der Waals surface area contributed by atoms with Crippen molar-refractivity contribution in [1.29, 1.82) is 0 Å². The normalized spacial score (nSPS) is 22.9. The SMILES string of the molecule is O=C1CC[C@]2(C(=O)OC/C=C/c3ccccc3)N1c1ccccc1C(=O)N2C1CC1. The highest BCUT2D eigenvalue weighted by Crippen LogP contribution is 2.49. The van der Waals surface area contributed by atoms with Crippen molar-refractivity contribution in [2.24, 2.45) is 0 Å². The molecule has 0 bridgehead atoms. The van der Waals surface area contributed by atoms with Crippen molar-refractivity contribution in [1.82, 2.24) is 4.90 Å². The number of hydrogen-bond acceptors (Lipinski definition) is 4. The van der Waals surface area contributed by atoms with Crippen LogP contribution in [0.4, 0.5) is 5.69 Å². The molecule has 0 N–H and O–H groups in total. The Kier molecular flexibility index (Phi) is 4.42. The van der Waals surface area contributed by atoms with E-state index in [4.69, 9.17) is 4.74 Å². The Morgan fingerprint density at radius 3 is 2.57 bits per heavy atom. The summed E-state index contributed by atoms with van der Waals surface area (Å²) in [4.78, 5) is 42.7. The molecule has 152 valence electrons. The maximum Gasteiger partial charge on any atom is 0.354 e. The van der Waals surface area contributed by atoms with Gasteiger partial charge in [0.1, 0.15) is 6.61 Å². The highest BCUT2D eigenvalue weighted by molar-refractivity contribution is 6.15. The minimum atomic E-state index is -1.38. The predicted octanol–water partition coefficient (Wildman–Crippen LogP) is 3.38. The molecule has 2 aliphatic heterocycles. The molecule has 6 heteroatoms. The fourth-order valence-electron chi connectivity index (χ4n) is 4.50. The van der Waals surface area contributed by atoms with Crippen LogP contribution in [0.5, 0.6) is 0 Å². The van der Waals surface area contributed by atoms with Crippen LogP contribution in [0.15, 0.2) is 60.7 Å². The predicted molar refractivity (Wildman–Crippen MR) is 112 cm³/mol. The molecule has 0 aromatic heterocycles. The van der Waals surface area contributed by atoms with Crippen LogP contribution in [0.3, 0.4) is 0 Å². The lowest BCUT2D eigenvalue weighted by atomic mass is 9.96. The maximum atomic E-state index is 13.4. The summed E-state index contributed by atoms with van der Waals surface area (Å²) in [6.45, 7) is 0.0753. The first-order valence-corrected chi connectivity index (χ1v) is 10.3. The second-order valence-electron chi connectivity index (χ2n) is 7.88. The molecule has 0 radical (unpaired) electrons. The molecule has 2 amide bonds. The molecule has 2 fully saturated rings. The summed E-state index contributed by atoms with van der Waals surface area (Å²) in [5.74, 6) is -0.894. The van der Waals surface area contributed by atoms with Crippen LogP contribution in [-0.2, 0) is 14.3 Å². The molecule has 6 nitrogen and oxygen atoms in total. The van der Waals surface area contributed by atoms with Gasteiger partial charge in [-0.2, -0.15) is 0 Å². The number of ether oxygens (including phenoxy) is 1. The fraction of sp³-hybridized carbons (Fsp3) is 0.292. The molecule has 0 spiro atoms. The number of carbonyl (C=O) groups is 3. The van der Waals surface area contributed by atoms with E-state index >= 15 is 0 Å². The largest absolute Gasteiger partial charge is 0.458 e. The van der Waals surface area contributed by atoms with E-state index in [1.54, 1.807) is 35.2 Å². The zero-order valence-corrected chi connectivity index (χ0v) is 16.5. The van der Waals surface area contributed by atoms with Gasteiger partial charge < -0.3 is 9.64 Å². The monoisotopic (exact) mass is 402 g/mol. The highest BCUT2D eigenvalue weighted by Gasteiger charge is 2.64. The number of para-hydroxylation sites is 1. The second kappa shape index (κ2) is 7.13. The quantitative estimate of drug-likeness (QED) is 0.719. The average molecular weight is 402 g/mol. The molecule has 2 heterocycles. The summed E-state index contributed by atoms with van der Waals surface area (Å²) in [5.41, 5.74) is 0.584. The Bertz CT molecular complexity index is 1040. The lowest BCUT2D eigenvalue weighted by Gasteiger charge is -2.48. The number of carbonyl (C=O) groups excluding carboxylic acids is 3. The van der Waals surface area contributed by atoms with E-state index in [1.165, 1.54) is 4.90 Å². The molecule has 2 aromatic rings. The van der Waals surface area contributed by atoms with E-state index in [2.05, 4.69) is 0 Å². The molecule has 1 saturated heterocycles. The van der Waals surface area contributed by atoms with Gasteiger partial charge in [-0.1, -0.05) is 48.5 Å². The third kappa shape index (κ3) is 2.83. The van der Waals surface area contributed by atoms with Crippen molar-refractivity contribution >= 4 is 29.5 Å². The first-order chi connectivity index (χ1) is 14.6. The number of benzene rings is 2. The van der Waals surface area contributed by atoms with Gasteiger partial charge in [0.15, 0.2) is 0 Å². The molecule has 1 saturated carbocycles. The first kappa shape index (κ1) is 18.6. The zero-order chi connectivity index (χ0) is 20.7. The lowest BCUT2D eigenvalue weighted by molar-refractivity contribution is -0.156. The van der Waals surface area contributed by atoms with Gasteiger partial charge in [-0.3, -0.25) is 14.5 Å². The molecule has 0 unspecified atom stereocenters. The summed E-state index contributed by atoms with van der Waals surface area (Å²) < 4.78 is 5.61. The van der Waals surface area contributed by atoms with Gasteiger partial charge in [-0.05, 0) is 36.6 Å². The number of amides is 2. The van der Waals surface area contributed by atoms with Crippen LogP contribution < -0.4 is 4.90 Å². The van der Waals surface area contributed by atoms with Gasteiger partial charge in [0, 0.05) is 18.9 Å². The van der Waals surface area contributed by atoms with Crippen LogP contribution in [0, 0.1) is 0 Å². The molecule has 3 aliphatic rings. The number of fused-ring (bicyclic) bond motifs is 3. The molecular formula is C24H22N2O4. The van der Waals surface area contributed by atoms with Crippen LogP contribution in [0.2, 0.25) is 0 Å². The molecule has 1 aliphatic carbocycles. The Labute approximate surface area is 174 Å². The first-order valence-electron chi connectivity index (χ1n) is 10.3. The number of anilines is 1. The lowest BCUT2D eigenvalue weighted by Crippen LogP contribution is -2.69. The van der Waals surface area contributed by atoms with E-state index in [0.717, 1.165) is 18.4 Å². The minimum Gasteiger partial charge on any atom is -0.458 e. The topological polar surface area (TPSA) is 66.9 Å². The van der Waals surface area contributed by atoms with E-state index in [-0.39, 0.29) is 37.3 Å². The Hall–Kier alpha value is -3.41. The average Bonchev–Trinajstić information content (AvgIpc) is 3.54. The molecule has 30 heavy (non-hydrogen) atoms. The summed E-state index contributed by atoms with van der Waals surface area (Å²) in [6.07, 6.45) is 5.77. The Morgan fingerprint density at radius 2 is 1.80 bits per heavy atom. The number of esters is 1. The third-order valence-corrected chi connectivity index (χ3v) is 5.96. The van der Waals surface area contributed by atoms with E-state index in [0.29, 0.717) is 11.3 Å². The molecular weight excluding hydrogens is 380 g/mol. The van der Waals surface area contributed by atoms with Crippen molar-refractivity contribution in [3.05, 3.63) is 71.8 Å². The van der Waals surface area contributed by atoms with Crippen molar-refractivity contribution in [3.8, 4) is 0 Å². The van der Waals surface area contributed by atoms with Crippen molar-refractivity contribution in [2.45, 2.75) is 37.4 Å². The maximum absolute atomic E-state index is 13.4. The zero-order valence-electron chi connectivity index (χ0n) is 16.5. The van der Waals surface area contributed by atoms with Gasteiger partial charge >= 0.3 is 5.97 Å². The smallest absolute Gasteiger partial charge is 0.354 e. The molecule has 1 atom stereocenters. The Morgan fingerprint density at radius 1 is 1.07 bits per heavy atom. The van der Waals surface area contributed by atoms with Crippen molar-refractivity contribution < 1.29 is 19.1 Å². The summed E-state index contributed by atoms with van der Waals surface area (Å²) >= 11 is 0. The Balaban J connectivity index is 1.46. The van der Waals surface area contributed by atoms with Gasteiger partial charge in [-0.15, -0.1) is 0 Å². The molecule has 2 aromatic carbocycles. The summed E-state index contributed by atoms with van der Waals surface area (Å²) in [5, 5.41) is 0. The third-order valence-electron chi connectivity index (χ3n) is 5.96. The second-order valence-corrected chi connectivity index (χ2v) is 7.88. The minimum absolute atomic E-state index is 0.0355. The van der Waals surface area contributed by atoms with E-state index in [1.807, 2.05) is 36.4 Å². The molecule has 5 rings (SSSR count). The van der Waals surface area contributed by atoms with E-state index < -0.39 is 11.6 Å². The van der Waals surface area contributed by atoms with Crippen molar-refractivity contribution in [3.63, 3.8) is 0 Å².